The number of carbonyl (C=O) groups is 1. The molecule has 0 saturated carbocycles. The lowest BCUT2D eigenvalue weighted by Crippen LogP contribution is -2.01. The van der Waals surface area contributed by atoms with Crippen molar-refractivity contribution >= 4 is 22.8 Å². The fourth-order valence-corrected chi connectivity index (χ4v) is 1.96. The van der Waals surface area contributed by atoms with Crippen molar-refractivity contribution in [2.75, 3.05) is 18.2 Å². The van der Waals surface area contributed by atoms with Gasteiger partial charge in [0.15, 0.2) is 5.78 Å². The van der Waals surface area contributed by atoms with E-state index < -0.39 is 0 Å². The Morgan fingerprint density at radius 3 is 2.50 bits per heavy atom. The third kappa shape index (κ3) is 2.91. The van der Waals surface area contributed by atoms with Crippen LogP contribution in [0.25, 0.3) is 0 Å². The first-order valence-corrected chi connectivity index (χ1v) is 6.33. The van der Waals surface area contributed by atoms with Gasteiger partial charge in [-0.3, -0.25) is 4.79 Å². The van der Waals surface area contributed by atoms with Gasteiger partial charge in [0.25, 0.3) is 0 Å². The zero-order valence-electron chi connectivity index (χ0n) is 11.9. The number of nitrogens with one attached hydrogen (secondary N) is 1. The Morgan fingerprint density at radius 2 is 1.90 bits per heavy atom. The molecule has 2 rings (SSSR count). The van der Waals surface area contributed by atoms with Crippen LogP contribution in [0.4, 0.5) is 17.1 Å². The molecule has 0 heterocycles. The number of carbonyl (C=O) groups excluding carboxylic acids is 1. The molecular formula is C16H18N2O2. The molecule has 3 N–H and O–H groups in total. The minimum Gasteiger partial charge on any atom is -0.495 e. The number of anilines is 3. The number of aryl methyl sites for hydroxylation is 1. The highest BCUT2D eigenvalue weighted by Crippen LogP contribution is 2.31. The standard InChI is InChI=1S/C16H18N2O2/c1-10-4-7-16(20-3)15(8-10)18-14-6-5-12(11(2)19)9-13(14)17/h4-9,18H,17H2,1-3H3. The van der Waals surface area contributed by atoms with Crippen LogP contribution in [0, 0.1) is 6.92 Å². The second kappa shape index (κ2) is 5.65. The summed E-state index contributed by atoms with van der Waals surface area (Å²) in [6, 6.07) is 11.1. The molecule has 104 valence electrons. The van der Waals surface area contributed by atoms with Crippen LogP contribution >= 0.6 is 0 Å². The van der Waals surface area contributed by atoms with Gasteiger partial charge in [0.1, 0.15) is 5.75 Å². The summed E-state index contributed by atoms with van der Waals surface area (Å²) in [5.74, 6) is 0.738. The fraction of sp³-hybridized carbons (Fsp3) is 0.188. The minimum atomic E-state index is -0.00335. The van der Waals surface area contributed by atoms with E-state index in [1.807, 2.05) is 25.1 Å². The van der Waals surface area contributed by atoms with Crippen molar-refractivity contribution in [2.45, 2.75) is 13.8 Å². The van der Waals surface area contributed by atoms with Crippen molar-refractivity contribution < 1.29 is 9.53 Å². The second-order valence-electron chi connectivity index (χ2n) is 4.69. The number of rotatable bonds is 4. The highest BCUT2D eigenvalue weighted by atomic mass is 16.5. The number of nitrogen functional groups attached to an aromatic ring is 1. The maximum absolute atomic E-state index is 11.3. The Kier molecular flexibility index (Phi) is 3.94. The molecule has 0 bridgehead atoms. The smallest absolute Gasteiger partial charge is 0.159 e. The third-order valence-corrected chi connectivity index (χ3v) is 3.08. The van der Waals surface area contributed by atoms with Gasteiger partial charge in [0.2, 0.25) is 0 Å². The maximum Gasteiger partial charge on any atom is 0.159 e. The number of hydrogen-bond acceptors (Lipinski definition) is 4. The predicted molar refractivity (Wildman–Crippen MR) is 81.9 cm³/mol. The number of ether oxygens (including phenoxy) is 1. The highest BCUT2D eigenvalue weighted by molar-refractivity contribution is 5.96. The Morgan fingerprint density at radius 1 is 1.15 bits per heavy atom. The van der Waals surface area contributed by atoms with Crippen LogP contribution in [0.15, 0.2) is 36.4 Å². The number of methoxy groups -OCH3 is 1. The SMILES string of the molecule is COc1ccc(C)cc1Nc1ccc(C(C)=O)cc1N. The molecule has 0 aromatic heterocycles. The fourth-order valence-electron chi connectivity index (χ4n) is 1.96. The van der Waals surface area contributed by atoms with E-state index in [0.717, 1.165) is 22.7 Å². The van der Waals surface area contributed by atoms with Crippen molar-refractivity contribution in [2.24, 2.45) is 0 Å². The van der Waals surface area contributed by atoms with E-state index in [4.69, 9.17) is 10.5 Å². The third-order valence-electron chi connectivity index (χ3n) is 3.08. The first-order valence-electron chi connectivity index (χ1n) is 6.33. The number of nitrogens with two attached hydrogens (primary N) is 1. The molecule has 0 fully saturated rings. The van der Waals surface area contributed by atoms with Crippen LogP contribution in [0.1, 0.15) is 22.8 Å². The Hall–Kier alpha value is -2.49. The van der Waals surface area contributed by atoms with E-state index in [0.29, 0.717) is 11.3 Å². The van der Waals surface area contributed by atoms with Crippen molar-refractivity contribution in [1.29, 1.82) is 0 Å². The van der Waals surface area contributed by atoms with Crippen molar-refractivity contribution in [3.63, 3.8) is 0 Å². The molecule has 0 unspecified atom stereocenters. The average molecular weight is 270 g/mol. The Balaban J connectivity index is 2.35. The molecule has 2 aromatic rings. The molecule has 20 heavy (non-hydrogen) atoms. The Labute approximate surface area is 118 Å². The van der Waals surface area contributed by atoms with Gasteiger partial charge in [-0.2, -0.15) is 0 Å². The number of hydrogen-bond donors (Lipinski definition) is 2. The number of benzene rings is 2. The molecule has 0 atom stereocenters. The van der Waals surface area contributed by atoms with Crippen LogP contribution in [0.5, 0.6) is 5.75 Å². The summed E-state index contributed by atoms with van der Waals surface area (Å²) < 4.78 is 5.32. The summed E-state index contributed by atoms with van der Waals surface area (Å²) in [7, 11) is 1.62. The van der Waals surface area contributed by atoms with Crippen molar-refractivity contribution in [3.8, 4) is 5.75 Å². The molecule has 0 radical (unpaired) electrons. The first-order chi connectivity index (χ1) is 9.51. The predicted octanol–water partition coefficient (Wildman–Crippen LogP) is 3.53. The molecule has 0 aliphatic carbocycles. The second-order valence-corrected chi connectivity index (χ2v) is 4.69. The molecule has 0 saturated heterocycles. The van der Waals surface area contributed by atoms with Gasteiger partial charge in [0, 0.05) is 5.56 Å². The zero-order chi connectivity index (χ0) is 14.7. The largest absolute Gasteiger partial charge is 0.495 e. The van der Waals surface area contributed by atoms with E-state index in [9.17, 15) is 4.79 Å². The van der Waals surface area contributed by atoms with Gasteiger partial charge in [-0.15, -0.1) is 0 Å². The van der Waals surface area contributed by atoms with Crippen LogP contribution in [0.2, 0.25) is 0 Å². The molecule has 4 heteroatoms. The van der Waals surface area contributed by atoms with E-state index in [1.165, 1.54) is 6.92 Å². The van der Waals surface area contributed by atoms with E-state index in [-0.39, 0.29) is 5.78 Å². The van der Waals surface area contributed by atoms with E-state index >= 15 is 0 Å². The van der Waals surface area contributed by atoms with Crippen LogP contribution < -0.4 is 15.8 Å². The van der Waals surface area contributed by atoms with Gasteiger partial charge < -0.3 is 15.8 Å². The first kappa shape index (κ1) is 13.9. The molecule has 0 amide bonds. The summed E-state index contributed by atoms with van der Waals surface area (Å²) in [6.45, 7) is 3.53. The molecule has 0 spiro atoms. The molecule has 2 aromatic carbocycles. The maximum atomic E-state index is 11.3. The summed E-state index contributed by atoms with van der Waals surface area (Å²) in [5.41, 5.74) is 9.82. The van der Waals surface area contributed by atoms with E-state index in [1.54, 1.807) is 25.3 Å². The van der Waals surface area contributed by atoms with Gasteiger partial charge in [-0.25, -0.2) is 0 Å². The highest BCUT2D eigenvalue weighted by Gasteiger charge is 2.08. The lowest BCUT2D eigenvalue weighted by molar-refractivity contribution is 0.101. The normalized spacial score (nSPS) is 10.2. The average Bonchev–Trinajstić information content (AvgIpc) is 2.41. The topological polar surface area (TPSA) is 64.3 Å². The summed E-state index contributed by atoms with van der Waals surface area (Å²) in [6.07, 6.45) is 0. The molecule has 4 nitrogen and oxygen atoms in total. The lowest BCUT2D eigenvalue weighted by Gasteiger charge is -2.14. The Bertz CT molecular complexity index is 651. The lowest BCUT2D eigenvalue weighted by atomic mass is 10.1. The van der Waals surface area contributed by atoms with Gasteiger partial charge >= 0.3 is 0 Å². The summed E-state index contributed by atoms with van der Waals surface area (Å²) >= 11 is 0. The quantitative estimate of drug-likeness (QED) is 0.659. The monoisotopic (exact) mass is 270 g/mol. The summed E-state index contributed by atoms with van der Waals surface area (Å²) in [5, 5.41) is 3.24. The van der Waals surface area contributed by atoms with Crippen molar-refractivity contribution in [3.05, 3.63) is 47.5 Å². The molecule has 0 aliphatic rings. The zero-order valence-corrected chi connectivity index (χ0v) is 11.9. The van der Waals surface area contributed by atoms with E-state index in [2.05, 4.69) is 5.32 Å². The number of ketones is 1. The van der Waals surface area contributed by atoms with Gasteiger partial charge in [0.05, 0.1) is 24.2 Å². The summed E-state index contributed by atoms with van der Waals surface area (Å²) in [4.78, 5) is 11.3. The van der Waals surface area contributed by atoms with Crippen molar-refractivity contribution in [1.82, 2.24) is 0 Å². The molecule has 0 aliphatic heterocycles. The molecular weight excluding hydrogens is 252 g/mol. The van der Waals surface area contributed by atoms with Crippen LogP contribution in [-0.4, -0.2) is 12.9 Å². The van der Waals surface area contributed by atoms with Gasteiger partial charge in [-0.05, 0) is 49.7 Å². The van der Waals surface area contributed by atoms with Crippen LogP contribution in [-0.2, 0) is 0 Å². The minimum absolute atomic E-state index is 0.00335. The van der Waals surface area contributed by atoms with Crippen LogP contribution in [0.3, 0.4) is 0 Å². The van der Waals surface area contributed by atoms with Gasteiger partial charge in [-0.1, -0.05) is 6.07 Å². The number of Topliss-reactive ketones (excluding diaryl/α,β-unsaturated/α-hetero) is 1.